The summed E-state index contributed by atoms with van der Waals surface area (Å²) in [7, 11) is 0. The van der Waals surface area contributed by atoms with Crippen LogP contribution in [0.5, 0.6) is 11.5 Å². The molecule has 2 rings (SSSR count). The molecule has 0 saturated heterocycles. The highest BCUT2D eigenvalue weighted by molar-refractivity contribution is 5.35. The minimum atomic E-state index is 0.338. The molecule has 0 saturated carbocycles. The fourth-order valence-electron chi connectivity index (χ4n) is 1.30. The Labute approximate surface area is 94.1 Å². The average Bonchev–Trinajstić information content (AvgIpc) is 2.33. The molecule has 0 bridgehead atoms. The first kappa shape index (κ1) is 10.6. The third-order valence-corrected chi connectivity index (χ3v) is 2.19. The molecule has 4 nitrogen and oxygen atoms in total. The van der Waals surface area contributed by atoms with Crippen molar-refractivity contribution >= 4 is 0 Å². The van der Waals surface area contributed by atoms with Gasteiger partial charge < -0.3 is 10.5 Å². The summed E-state index contributed by atoms with van der Waals surface area (Å²) in [5, 5.41) is 0. The molecule has 0 fully saturated rings. The van der Waals surface area contributed by atoms with Gasteiger partial charge in [0.2, 0.25) is 0 Å². The lowest BCUT2D eigenvalue weighted by atomic mass is 10.2. The van der Waals surface area contributed by atoms with Crippen LogP contribution in [0.15, 0.2) is 36.7 Å². The average molecular weight is 215 g/mol. The van der Waals surface area contributed by atoms with Gasteiger partial charge in [0.25, 0.3) is 0 Å². The van der Waals surface area contributed by atoms with Crippen LogP contribution >= 0.6 is 0 Å². The van der Waals surface area contributed by atoms with Crippen LogP contribution in [0.1, 0.15) is 11.4 Å². The van der Waals surface area contributed by atoms with Crippen LogP contribution in [0.4, 0.5) is 0 Å². The van der Waals surface area contributed by atoms with Crippen LogP contribution in [-0.4, -0.2) is 9.97 Å². The summed E-state index contributed by atoms with van der Waals surface area (Å²) in [5.41, 5.74) is 6.49. The van der Waals surface area contributed by atoms with Crippen LogP contribution in [0.25, 0.3) is 0 Å². The minimum absolute atomic E-state index is 0.338. The summed E-state index contributed by atoms with van der Waals surface area (Å²) >= 11 is 0. The Bertz CT molecular complexity index is 468. The SMILES string of the molecule is Cc1ccccc1Oc1cnc(CN)nc1. The highest BCUT2D eigenvalue weighted by Crippen LogP contribution is 2.23. The Kier molecular flexibility index (Phi) is 3.12. The van der Waals surface area contributed by atoms with Gasteiger partial charge in [0, 0.05) is 0 Å². The smallest absolute Gasteiger partial charge is 0.164 e. The fourth-order valence-corrected chi connectivity index (χ4v) is 1.30. The van der Waals surface area contributed by atoms with Gasteiger partial charge in [-0.1, -0.05) is 18.2 Å². The van der Waals surface area contributed by atoms with E-state index in [1.165, 1.54) is 0 Å². The number of para-hydroxylation sites is 1. The Balaban J connectivity index is 2.18. The maximum absolute atomic E-state index is 5.64. The van der Waals surface area contributed by atoms with E-state index in [4.69, 9.17) is 10.5 Å². The van der Waals surface area contributed by atoms with E-state index in [1.54, 1.807) is 12.4 Å². The van der Waals surface area contributed by atoms with Crippen molar-refractivity contribution in [2.75, 3.05) is 0 Å². The molecule has 1 aromatic carbocycles. The molecule has 0 amide bonds. The second-order valence-corrected chi connectivity index (χ2v) is 3.41. The van der Waals surface area contributed by atoms with E-state index in [0.29, 0.717) is 18.1 Å². The summed E-state index contributed by atoms with van der Waals surface area (Å²) in [6.07, 6.45) is 3.25. The number of benzene rings is 1. The van der Waals surface area contributed by atoms with Crippen molar-refractivity contribution in [3.05, 3.63) is 48.0 Å². The fraction of sp³-hybridized carbons (Fsp3) is 0.167. The molecule has 16 heavy (non-hydrogen) atoms. The zero-order valence-corrected chi connectivity index (χ0v) is 9.05. The Morgan fingerprint density at radius 2 is 1.88 bits per heavy atom. The molecule has 1 aromatic heterocycles. The van der Waals surface area contributed by atoms with Gasteiger partial charge in [-0.15, -0.1) is 0 Å². The van der Waals surface area contributed by atoms with Gasteiger partial charge >= 0.3 is 0 Å². The maximum Gasteiger partial charge on any atom is 0.164 e. The first-order valence-corrected chi connectivity index (χ1v) is 5.04. The van der Waals surface area contributed by atoms with Crippen LogP contribution < -0.4 is 10.5 Å². The largest absolute Gasteiger partial charge is 0.454 e. The number of rotatable bonds is 3. The van der Waals surface area contributed by atoms with Gasteiger partial charge in [-0.2, -0.15) is 0 Å². The van der Waals surface area contributed by atoms with Gasteiger partial charge in [-0.3, -0.25) is 0 Å². The predicted octanol–water partition coefficient (Wildman–Crippen LogP) is 2.04. The Morgan fingerprint density at radius 1 is 1.19 bits per heavy atom. The molecule has 0 atom stereocenters. The minimum Gasteiger partial charge on any atom is -0.454 e. The van der Waals surface area contributed by atoms with E-state index >= 15 is 0 Å². The lowest BCUT2D eigenvalue weighted by Crippen LogP contribution is -2.02. The number of hydrogen-bond donors (Lipinski definition) is 1. The summed E-state index contributed by atoms with van der Waals surface area (Å²) < 4.78 is 5.64. The quantitative estimate of drug-likeness (QED) is 0.851. The molecule has 0 radical (unpaired) electrons. The molecule has 0 aliphatic carbocycles. The van der Waals surface area contributed by atoms with Gasteiger partial charge in [-0.25, -0.2) is 9.97 Å². The van der Waals surface area contributed by atoms with Crippen molar-refractivity contribution in [1.82, 2.24) is 9.97 Å². The van der Waals surface area contributed by atoms with Gasteiger partial charge in [0.05, 0.1) is 18.9 Å². The zero-order valence-electron chi connectivity index (χ0n) is 9.05. The van der Waals surface area contributed by atoms with E-state index in [1.807, 2.05) is 31.2 Å². The number of nitrogens with zero attached hydrogens (tertiary/aromatic N) is 2. The summed E-state index contributed by atoms with van der Waals surface area (Å²) in [6.45, 7) is 2.33. The van der Waals surface area contributed by atoms with E-state index in [0.717, 1.165) is 11.3 Å². The second kappa shape index (κ2) is 4.72. The van der Waals surface area contributed by atoms with Crippen LogP contribution in [0.2, 0.25) is 0 Å². The van der Waals surface area contributed by atoms with Crippen LogP contribution in [0.3, 0.4) is 0 Å². The van der Waals surface area contributed by atoms with Crippen molar-refractivity contribution in [1.29, 1.82) is 0 Å². The number of hydrogen-bond acceptors (Lipinski definition) is 4. The number of aromatic nitrogens is 2. The second-order valence-electron chi connectivity index (χ2n) is 3.41. The zero-order chi connectivity index (χ0) is 11.4. The molecular weight excluding hydrogens is 202 g/mol. The third kappa shape index (κ3) is 2.35. The molecule has 0 aliphatic rings. The van der Waals surface area contributed by atoms with Crippen molar-refractivity contribution in [3.8, 4) is 11.5 Å². The molecule has 0 aliphatic heterocycles. The molecule has 4 heteroatoms. The lowest BCUT2D eigenvalue weighted by Gasteiger charge is -2.07. The first-order valence-electron chi connectivity index (χ1n) is 5.04. The van der Waals surface area contributed by atoms with Crippen molar-refractivity contribution in [2.45, 2.75) is 13.5 Å². The summed E-state index contributed by atoms with van der Waals surface area (Å²) in [4.78, 5) is 8.12. The van der Waals surface area contributed by atoms with Gasteiger partial charge in [0.1, 0.15) is 11.6 Å². The van der Waals surface area contributed by atoms with E-state index < -0.39 is 0 Å². The Hall–Kier alpha value is -1.94. The number of nitrogens with two attached hydrogens (primary N) is 1. The first-order chi connectivity index (χ1) is 7.79. The normalized spacial score (nSPS) is 10.1. The van der Waals surface area contributed by atoms with Crippen molar-refractivity contribution in [3.63, 3.8) is 0 Å². The van der Waals surface area contributed by atoms with E-state index in [-0.39, 0.29) is 0 Å². The van der Waals surface area contributed by atoms with Crippen molar-refractivity contribution < 1.29 is 4.74 Å². The molecular formula is C12H13N3O. The predicted molar refractivity (Wildman–Crippen MR) is 61.2 cm³/mol. The standard InChI is InChI=1S/C12H13N3O/c1-9-4-2-3-5-11(9)16-10-7-14-12(6-13)15-8-10/h2-5,7-8H,6,13H2,1H3. The van der Waals surface area contributed by atoms with E-state index in [2.05, 4.69) is 9.97 Å². The highest BCUT2D eigenvalue weighted by atomic mass is 16.5. The molecule has 2 N–H and O–H groups in total. The maximum atomic E-state index is 5.64. The van der Waals surface area contributed by atoms with Crippen LogP contribution in [-0.2, 0) is 6.54 Å². The van der Waals surface area contributed by atoms with Crippen molar-refractivity contribution in [2.24, 2.45) is 5.73 Å². The number of ether oxygens (including phenoxy) is 1. The third-order valence-electron chi connectivity index (χ3n) is 2.19. The van der Waals surface area contributed by atoms with E-state index in [9.17, 15) is 0 Å². The van der Waals surface area contributed by atoms with Gasteiger partial charge in [-0.05, 0) is 18.6 Å². The summed E-state index contributed by atoms with van der Waals surface area (Å²) in [5.74, 6) is 2.04. The Morgan fingerprint density at radius 3 is 2.50 bits per heavy atom. The lowest BCUT2D eigenvalue weighted by molar-refractivity contribution is 0.472. The molecule has 2 aromatic rings. The highest BCUT2D eigenvalue weighted by Gasteiger charge is 2.01. The number of aryl methyl sites for hydroxylation is 1. The molecule has 0 unspecified atom stereocenters. The molecule has 0 spiro atoms. The van der Waals surface area contributed by atoms with Gasteiger partial charge in [0.15, 0.2) is 5.75 Å². The monoisotopic (exact) mass is 215 g/mol. The molecule has 1 heterocycles. The summed E-state index contributed by atoms with van der Waals surface area (Å²) in [6, 6.07) is 7.80. The molecule has 82 valence electrons. The topological polar surface area (TPSA) is 61.0 Å². The van der Waals surface area contributed by atoms with Crippen LogP contribution in [0, 0.1) is 6.92 Å².